The van der Waals surface area contributed by atoms with E-state index in [2.05, 4.69) is 25.9 Å². The standard InChI is InChI=1S/C16H28N2O2/c1-14(2)11-4-5-15(14,3)12(8-11)20-10-16(6-7-16)9-13(17)18-19/h11-12,19H,4-10H2,1-3H3,(H2,17,18). The molecule has 0 radical (unpaired) electrons. The second-order valence-electron chi connectivity index (χ2n) is 8.18. The molecule has 3 aliphatic carbocycles. The number of ether oxygens (including phenoxy) is 1. The molecule has 0 aromatic carbocycles. The Morgan fingerprint density at radius 2 is 2.00 bits per heavy atom. The molecule has 0 amide bonds. The van der Waals surface area contributed by atoms with E-state index in [4.69, 9.17) is 15.7 Å². The van der Waals surface area contributed by atoms with Gasteiger partial charge in [0.2, 0.25) is 0 Å². The van der Waals surface area contributed by atoms with Crippen LogP contribution in [-0.2, 0) is 4.74 Å². The van der Waals surface area contributed by atoms with Gasteiger partial charge in [-0.2, -0.15) is 0 Å². The van der Waals surface area contributed by atoms with Crippen LogP contribution in [-0.4, -0.2) is 23.8 Å². The van der Waals surface area contributed by atoms with E-state index in [0.717, 1.165) is 25.4 Å². The first-order valence-electron chi connectivity index (χ1n) is 7.91. The largest absolute Gasteiger partial charge is 0.409 e. The zero-order chi connectivity index (χ0) is 14.6. The first-order chi connectivity index (χ1) is 9.33. The van der Waals surface area contributed by atoms with Crippen LogP contribution < -0.4 is 5.73 Å². The van der Waals surface area contributed by atoms with Crippen molar-refractivity contribution in [2.24, 2.45) is 33.1 Å². The van der Waals surface area contributed by atoms with Gasteiger partial charge in [0.05, 0.1) is 12.7 Å². The summed E-state index contributed by atoms with van der Waals surface area (Å²) in [5.41, 5.74) is 6.53. The molecule has 0 spiro atoms. The monoisotopic (exact) mass is 280 g/mol. The van der Waals surface area contributed by atoms with E-state index in [1.807, 2.05) is 0 Å². The molecule has 0 aromatic rings. The maximum atomic E-state index is 8.72. The van der Waals surface area contributed by atoms with Gasteiger partial charge in [-0.05, 0) is 48.9 Å². The molecule has 3 saturated carbocycles. The lowest BCUT2D eigenvalue weighted by Gasteiger charge is -2.39. The minimum atomic E-state index is 0.151. The summed E-state index contributed by atoms with van der Waals surface area (Å²) in [5.74, 6) is 1.15. The van der Waals surface area contributed by atoms with Crippen molar-refractivity contribution in [3.8, 4) is 0 Å². The van der Waals surface area contributed by atoms with Crippen LogP contribution in [0.15, 0.2) is 5.16 Å². The minimum absolute atomic E-state index is 0.151. The zero-order valence-corrected chi connectivity index (χ0v) is 13.0. The molecule has 3 atom stereocenters. The molecule has 20 heavy (non-hydrogen) atoms. The number of hydrogen-bond donors (Lipinski definition) is 2. The number of oxime groups is 1. The van der Waals surface area contributed by atoms with Crippen LogP contribution in [0.1, 0.15) is 59.3 Å². The van der Waals surface area contributed by atoms with Crippen molar-refractivity contribution in [2.75, 3.05) is 6.61 Å². The summed E-state index contributed by atoms with van der Waals surface area (Å²) in [5, 5.41) is 11.8. The minimum Gasteiger partial charge on any atom is -0.409 e. The van der Waals surface area contributed by atoms with E-state index in [0.29, 0.717) is 29.2 Å². The highest BCUT2D eigenvalue weighted by molar-refractivity contribution is 5.80. The normalized spacial score (nSPS) is 41.0. The fourth-order valence-corrected chi connectivity index (χ4v) is 4.63. The highest BCUT2D eigenvalue weighted by Crippen LogP contribution is 2.66. The van der Waals surface area contributed by atoms with Crippen molar-refractivity contribution in [1.29, 1.82) is 0 Å². The van der Waals surface area contributed by atoms with Gasteiger partial charge in [-0.1, -0.05) is 25.9 Å². The number of fused-ring (bicyclic) bond motifs is 2. The molecule has 3 N–H and O–H groups in total. The first kappa shape index (κ1) is 14.2. The fraction of sp³-hybridized carbons (Fsp3) is 0.938. The molecule has 0 saturated heterocycles. The summed E-state index contributed by atoms with van der Waals surface area (Å²) < 4.78 is 6.36. The van der Waals surface area contributed by atoms with Gasteiger partial charge >= 0.3 is 0 Å². The predicted molar refractivity (Wildman–Crippen MR) is 78.7 cm³/mol. The van der Waals surface area contributed by atoms with Crippen LogP contribution in [0.2, 0.25) is 0 Å². The number of nitrogens with zero attached hydrogens (tertiary/aromatic N) is 1. The molecule has 0 aliphatic heterocycles. The second-order valence-corrected chi connectivity index (χ2v) is 8.18. The van der Waals surface area contributed by atoms with Gasteiger partial charge in [0.1, 0.15) is 5.84 Å². The van der Waals surface area contributed by atoms with E-state index >= 15 is 0 Å². The van der Waals surface area contributed by atoms with Gasteiger partial charge in [0, 0.05) is 11.8 Å². The Hall–Kier alpha value is -0.770. The average Bonchev–Trinajstić information content (AvgIpc) is 3.08. The molecule has 3 fully saturated rings. The number of rotatable bonds is 5. The average molecular weight is 280 g/mol. The fourth-order valence-electron chi connectivity index (χ4n) is 4.63. The summed E-state index contributed by atoms with van der Waals surface area (Å²) in [7, 11) is 0. The van der Waals surface area contributed by atoms with Crippen LogP contribution in [0.3, 0.4) is 0 Å². The van der Waals surface area contributed by atoms with E-state index in [1.165, 1.54) is 19.3 Å². The van der Waals surface area contributed by atoms with E-state index < -0.39 is 0 Å². The number of amidine groups is 1. The number of nitrogens with two attached hydrogens (primary N) is 1. The van der Waals surface area contributed by atoms with Crippen LogP contribution >= 0.6 is 0 Å². The highest BCUT2D eigenvalue weighted by Gasteiger charge is 2.62. The summed E-state index contributed by atoms with van der Waals surface area (Å²) >= 11 is 0. The van der Waals surface area contributed by atoms with Gasteiger partial charge in [-0.25, -0.2) is 0 Å². The Kier molecular flexibility index (Phi) is 3.09. The Bertz CT molecular complexity index is 428. The van der Waals surface area contributed by atoms with Crippen LogP contribution in [0.4, 0.5) is 0 Å². The quantitative estimate of drug-likeness (QED) is 0.352. The van der Waals surface area contributed by atoms with Crippen molar-refractivity contribution in [2.45, 2.75) is 65.4 Å². The highest BCUT2D eigenvalue weighted by atomic mass is 16.5. The Morgan fingerprint density at radius 3 is 2.45 bits per heavy atom. The lowest BCUT2D eigenvalue weighted by Crippen LogP contribution is -2.38. The van der Waals surface area contributed by atoms with Gasteiger partial charge in [-0.3, -0.25) is 0 Å². The Labute approximate surface area is 121 Å². The van der Waals surface area contributed by atoms with Crippen LogP contribution in [0.25, 0.3) is 0 Å². The molecule has 4 nitrogen and oxygen atoms in total. The van der Waals surface area contributed by atoms with Crippen molar-refractivity contribution in [1.82, 2.24) is 0 Å². The molecule has 3 rings (SSSR count). The molecule has 0 heterocycles. The van der Waals surface area contributed by atoms with E-state index in [1.54, 1.807) is 0 Å². The molecule has 3 aliphatic rings. The van der Waals surface area contributed by atoms with Gasteiger partial charge in [0.15, 0.2) is 0 Å². The lowest BCUT2D eigenvalue weighted by atomic mass is 9.70. The summed E-state index contributed by atoms with van der Waals surface area (Å²) in [6.07, 6.45) is 7.20. The summed E-state index contributed by atoms with van der Waals surface area (Å²) in [4.78, 5) is 0. The van der Waals surface area contributed by atoms with Crippen molar-refractivity contribution in [3.63, 3.8) is 0 Å². The molecular weight excluding hydrogens is 252 g/mol. The lowest BCUT2D eigenvalue weighted by molar-refractivity contribution is -0.0617. The van der Waals surface area contributed by atoms with Crippen LogP contribution in [0.5, 0.6) is 0 Å². The third-order valence-corrected chi connectivity index (χ3v) is 6.95. The summed E-state index contributed by atoms with van der Waals surface area (Å²) in [6, 6.07) is 0. The van der Waals surface area contributed by atoms with Gasteiger partial charge in [0.25, 0.3) is 0 Å². The molecule has 3 unspecified atom stereocenters. The first-order valence-corrected chi connectivity index (χ1v) is 7.91. The summed E-state index contributed by atoms with van der Waals surface area (Å²) in [6.45, 7) is 8.01. The van der Waals surface area contributed by atoms with Crippen molar-refractivity contribution < 1.29 is 9.94 Å². The van der Waals surface area contributed by atoms with Gasteiger partial charge in [-0.15, -0.1) is 0 Å². The van der Waals surface area contributed by atoms with E-state index in [9.17, 15) is 0 Å². The second kappa shape index (κ2) is 4.36. The zero-order valence-electron chi connectivity index (χ0n) is 13.0. The van der Waals surface area contributed by atoms with Crippen LogP contribution in [0, 0.1) is 22.2 Å². The molecular formula is C16H28N2O2. The predicted octanol–water partition coefficient (Wildman–Crippen LogP) is 3.13. The SMILES string of the molecule is CC1(C)C2CCC1(C)C(OCC1(CC(N)=NO)CC1)C2. The third kappa shape index (κ3) is 1.95. The molecule has 0 aromatic heterocycles. The molecule has 2 bridgehead atoms. The van der Waals surface area contributed by atoms with Crippen molar-refractivity contribution in [3.05, 3.63) is 0 Å². The third-order valence-electron chi connectivity index (χ3n) is 6.95. The van der Waals surface area contributed by atoms with E-state index in [-0.39, 0.29) is 5.41 Å². The smallest absolute Gasteiger partial charge is 0.139 e. The Balaban J connectivity index is 1.61. The topological polar surface area (TPSA) is 67.8 Å². The molecule has 114 valence electrons. The van der Waals surface area contributed by atoms with Gasteiger partial charge < -0.3 is 15.7 Å². The number of hydrogen-bond acceptors (Lipinski definition) is 3. The maximum Gasteiger partial charge on any atom is 0.139 e. The maximum absolute atomic E-state index is 8.72. The van der Waals surface area contributed by atoms with Crippen molar-refractivity contribution >= 4 is 5.84 Å². The molecule has 4 heteroatoms. The Morgan fingerprint density at radius 1 is 1.30 bits per heavy atom.